The van der Waals surface area contributed by atoms with Crippen LogP contribution in [0.4, 0.5) is 0 Å². The number of carbonyl (C=O) groups is 1. The number of nitrogens with one attached hydrogen (secondary N) is 1. The first-order valence-electron chi connectivity index (χ1n) is 7.39. The lowest BCUT2D eigenvalue weighted by Crippen LogP contribution is -2.42. The van der Waals surface area contributed by atoms with Gasteiger partial charge in [-0.2, -0.15) is 0 Å². The van der Waals surface area contributed by atoms with E-state index in [9.17, 15) is 4.79 Å². The predicted octanol–water partition coefficient (Wildman–Crippen LogP) is 1.88. The number of ether oxygens (including phenoxy) is 1. The SMILES string of the molecule is CCCCOCCCNC(=O)[C@@H](N)Cc1ccccc1. The van der Waals surface area contributed by atoms with Gasteiger partial charge in [-0.3, -0.25) is 4.79 Å². The van der Waals surface area contributed by atoms with Crippen molar-refractivity contribution in [2.45, 2.75) is 38.6 Å². The van der Waals surface area contributed by atoms with Gasteiger partial charge < -0.3 is 15.8 Å². The van der Waals surface area contributed by atoms with Crippen molar-refractivity contribution in [3.05, 3.63) is 35.9 Å². The van der Waals surface area contributed by atoms with Crippen LogP contribution in [0, 0.1) is 0 Å². The molecule has 0 radical (unpaired) electrons. The lowest BCUT2D eigenvalue weighted by Gasteiger charge is -2.12. The van der Waals surface area contributed by atoms with Crippen LogP contribution in [0.3, 0.4) is 0 Å². The van der Waals surface area contributed by atoms with Crippen molar-refractivity contribution in [1.29, 1.82) is 0 Å². The molecule has 0 bridgehead atoms. The zero-order valence-corrected chi connectivity index (χ0v) is 12.3. The Morgan fingerprint density at radius 3 is 2.65 bits per heavy atom. The summed E-state index contributed by atoms with van der Waals surface area (Å²) >= 11 is 0. The number of amides is 1. The molecular formula is C16H26N2O2. The number of benzene rings is 1. The van der Waals surface area contributed by atoms with Crippen LogP contribution in [0.5, 0.6) is 0 Å². The average molecular weight is 278 g/mol. The normalized spacial score (nSPS) is 12.1. The summed E-state index contributed by atoms with van der Waals surface area (Å²) in [6.07, 6.45) is 3.63. The highest BCUT2D eigenvalue weighted by Crippen LogP contribution is 2.01. The predicted molar refractivity (Wildman–Crippen MR) is 81.5 cm³/mol. The van der Waals surface area contributed by atoms with Gasteiger partial charge in [-0.1, -0.05) is 43.7 Å². The third-order valence-electron chi connectivity index (χ3n) is 3.04. The molecule has 3 N–H and O–H groups in total. The Morgan fingerprint density at radius 2 is 1.95 bits per heavy atom. The standard InChI is InChI=1S/C16H26N2O2/c1-2-3-11-20-12-7-10-18-16(19)15(17)13-14-8-5-4-6-9-14/h4-6,8-9,15H,2-3,7,10-13,17H2,1H3,(H,18,19)/t15-/m0/s1. The summed E-state index contributed by atoms with van der Waals surface area (Å²) in [6, 6.07) is 9.33. The molecule has 0 saturated heterocycles. The van der Waals surface area contributed by atoms with E-state index < -0.39 is 6.04 Å². The highest BCUT2D eigenvalue weighted by atomic mass is 16.5. The molecule has 0 aliphatic carbocycles. The van der Waals surface area contributed by atoms with Gasteiger partial charge in [-0.05, 0) is 24.8 Å². The summed E-state index contributed by atoms with van der Waals surface area (Å²) in [5, 5.41) is 2.85. The number of hydrogen-bond donors (Lipinski definition) is 2. The van der Waals surface area contributed by atoms with Crippen LogP contribution in [0.2, 0.25) is 0 Å². The molecule has 0 spiro atoms. The van der Waals surface area contributed by atoms with Gasteiger partial charge in [0.05, 0.1) is 6.04 Å². The first-order chi connectivity index (χ1) is 9.74. The van der Waals surface area contributed by atoms with E-state index in [1.807, 2.05) is 30.3 Å². The van der Waals surface area contributed by atoms with Crippen molar-refractivity contribution in [3.8, 4) is 0 Å². The molecule has 4 heteroatoms. The van der Waals surface area contributed by atoms with Gasteiger partial charge in [0, 0.05) is 19.8 Å². The number of nitrogens with two attached hydrogens (primary N) is 1. The lowest BCUT2D eigenvalue weighted by molar-refractivity contribution is -0.122. The van der Waals surface area contributed by atoms with Crippen molar-refractivity contribution in [1.82, 2.24) is 5.32 Å². The fourth-order valence-corrected chi connectivity index (χ4v) is 1.83. The molecule has 112 valence electrons. The van der Waals surface area contributed by atoms with Gasteiger partial charge in [-0.25, -0.2) is 0 Å². The van der Waals surface area contributed by atoms with Gasteiger partial charge in [0.25, 0.3) is 0 Å². The fraction of sp³-hybridized carbons (Fsp3) is 0.562. The Balaban J connectivity index is 2.10. The first kappa shape index (κ1) is 16.7. The van der Waals surface area contributed by atoms with E-state index in [-0.39, 0.29) is 5.91 Å². The molecule has 4 nitrogen and oxygen atoms in total. The summed E-state index contributed by atoms with van der Waals surface area (Å²) in [7, 11) is 0. The molecule has 1 aromatic carbocycles. The lowest BCUT2D eigenvalue weighted by atomic mass is 10.1. The summed E-state index contributed by atoms with van der Waals surface area (Å²) in [5.74, 6) is -0.0950. The van der Waals surface area contributed by atoms with Gasteiger partial charge in [-0.15, -0.1) is 0 Å². The third kappa shape index (κ3) is 7.26. The molecule has 0 aromatic heterocycles. The van der Waals surface area contributed by atoms with Crippen LogP contribution in [0.1, 0.15) is 31.7 Å². The average Bonchev–Trinajstić information content (AvgIpc) is 2.47. The largest absolute Gasteiger partial charge is 0.381 e. The number of hydrogen-bond acceptors (Lipinski definition) is 3. The van der Waals surface area contributed by atoms with Gasteiger partial charge in [0.1, 0.15) is 0 Å². The Labute approximate surface area is 121 Å². The Kier molecular flexibility index (Phi) is 8.67. The van der Waals surface area contributed by atoms with Crippen LogP contribution in [-0.4, -0.2) is 31.7 Å². The molecule has 1 amide bonds. The van der Waals surface area contributed by atoms with Crippen molar-refractivity contribution in [2.24, 2.45) is 5.73 Å². The van der Waals surface area contributed by atoms with Gasteiger partial charge in [0.2, 0.25) is 5.91 Å². The minimum atomic E-state index is -0.488. The molecule has 20 heavy (non-hydrogen) atoms. The van der Waals surface area contributed by atoms with E-state index in [4.69, 9.17) is 10.5 Å². The van der Waals surface area contributed by atoms with Crippen molar-refractivity contribution in [2.75, 3.05) is 19.8 Å². The van der Waals surface area contributed by atoms with Crippen LogP contribution in [0.15, 0.2) is 30.3 Å². The van der Waals surface area contributed by atoms with Crippen molar-refractivity contribution < 1.29 is 9.53 Å². The second-order valence-corrected chi connectivity index (χ2v) is 4.91. The molecule has 0 heterocycles. The zero-order chi connectivity index (χ0) is 14.6. The van der Waals surface area contributed by atoms with E-state index in [0.717, 1.165) is 31.4 Å². The maximum atomic E-state index is 11.8. The minimum Gasteiger partial charge on any atom is -0.381 e. The Bertz CT molecular complexity index is 368. The second-order valence-electron chi connectivity index (χ2n) is 4.91. The van der Waals surface area contributed by atoms with Crippen LogP contribution in [-0.2, 0) is 16.0 Å². The molecule has 0 aliphatic heterocycles. The highest BCUT2D eigenvalue weighted by Gasteiger charge is 2.12. The maximum Gasteiger partial charge on any atom is 0.237 e. The van der Waals surface area contributed by atoms with E-state index in [2.05, 4.69) is 12.2 Å². The van der Waals surface area contributed by atoms with E-state index >= 15 is 0 Å². The second kappa shape index (κ2) is 10.4. The van der Waals surface area contributed by atoms with Crippen molar-refractivity contribution in [3.63, 3.8) is 0 Å². The Hall–Kier alpha value is -1.39. The topological polar surface area (TPSA) is 64.3 Å². The fourth-order valence-electron chi connectivity index (χ4n) is 1.83. The van der Waals surface area contributed by atoms with Gasteiger partial charge >= 0.3 is 0 Å². The third-order valence-corrected chi connectivity index (χ3v) is 3.04. The quantitative estimate of drug-likeness (QED) is 0.642. The molecule has 0 aliphatic rings. The number of carbonyl (C=O) groups excluding carboxylic acids is 1. The first-order valence-corrected chi connectivity index (χ1v) is 7.39. The monoisotopic (exact) mass is 278 g/mol. The summed E-state index contributed by atoms with van der Waals surface area (Å²) in [4.78, 5) is 11.8. The minimum absolute atomic E-state index is 0.0950. The maximum absolute atomic E-state index is 11.8. The van der Waals surface area contributed by atoms with Gasteiger partial charge in [0.15, 0.2) is 0 Å². The summed E-state index contributed by atoms with van der Waals surface area (Å²) in [5.41, 5.74) is 6.97. The smallest absolute Gasteiger partial charge is 0.237 e. The molecule has 1 atom stereocenters. The molecule has 0 unspecified atom stereocenters. The van der Waals surface area contributed by atoms with E-state index in [1.54, 1.807) is 0 Å². The molecule has 0 saturated carbocycles. The molecule has 0 fully saturated rings. The van der Waals surface area contributed by atoms with Crippen LogP contribution < -0.4 is 11.1 Å². The highest BCUT2D eigenvalue weighted by molar-refractivity contribution is 5.81. The number of unbranched alkanes of at least 4 members (excludes halogenated alkanes) is 1. The summed E-state index contributed by atoms with van der Waals surface area (Å²) < 4.78 is 5.43. The molecule has 1 rings (SSSR count). The van der Waals surface area contributed by atoms with Crippen LogP contribution in [0.25, 0.3) is 0 Å². The van der Waals surface area contributed by atoms with Crippen LogP contribution >= 0.6 is 0 Å². The Morgan fingerprint density at radius 1 is 1.25 bits per heavy atom. The summed E-state index contributed by atoms with van der Waals surface area (Å²) in [6.45, 7) is 4.25. The number of rotatable bonds is 10. The van der Waals surface area contributed by atoms with E-state index in [0.29, 0.717) is 19.6 Å². The van der Waals surface area contributed by atoms with E-state index in [1.165, 1.54) is 0 Å². The zero-order valence-electron chi connectivity index (χ0n) is 12.3. The molecule has 1 aromatic rings. The van der Waals surface area contributed by atoms with Crippen molar-refractivity contribution >= 4 is 5.91 Å². The molecular weight excluding hydrogens is 252 g/mol.